The summed E-state index contributed by atoms with van der Waals surface area (Å²) >= 11 is 1.61. The van der Waals surface area contributed by atoms with Gasteiger partial charge in [0.05, 0.1) is 28.8 Å². The van der Waals surface area contributed by atoms with Crippen LogP contribution in [0.3, 0.4) is 0 Å². The number of aromatic nitrogens is 4. The largest absolute Gasteiger partial charge is 0.231 e. The van der Waals surface area contributed by atoms with Crippen LogP contribution >= 0.6 is 11.3 Å². The fourth-order valence-corrected chi connectivity index (χ4v) is 5.24. The zero-order chi connectivity index (χ0) is 23.8. The first-order valence-electron chi connectivity index (χ1n) is 11.6. The van der Waals surface area contributed by atoms with Gasteiger partial charge in [-0.15, -0.1) is 16.4 Å². The number of anilines is 1. The highest BCUT2D eigenvalue weighted by Crippen LogP contribution is 2.39. The maximum atomic E-state index is 5.06. The maximum absolute atomic E-state index is 5.06. The van der Waals surface area contributed by atoms with Crippen molar-refractivity contribution in [2.75, 3.05) is 5.01 Å². The zero-order valence-corrected chi connectivity index (χ0v) is 20.4. The molecule has 3 heterocycles. The Labute approximate surface area is 208 Å². The molecule has 0 fully saturated rings. The van der Waals surface area contributed by atoms with Gasteiger partial charge in [-0.1, -0.05) is 83.6 Å². The molecule has 0 radical (unpaired) electrons. The van der Waals surface area contributed by atoms with E-state index in [1.54, 1.807) is 11.3 Å². The van der Waals surface area contributed by atoms with E-state index >= 15 is 0 Å². The van der Waals surface area contributed by atoms with Crippen molar-refractivity contribution in [1.29, 1.82) is 0 Å². The summed E-state index contributed by atoms with van der Waals surface area (Å²) in [5.41, 5.74) is 8.20. The second kappa shape index (κ2) is 8.92. The lowest BCUT2D eigenvalue weighted by Crippen LogP contribution is -2.18. The Morgan fingerprint density at radius 3 is 2.31 bits per heavy atom. The Bertz CT molecular complexity index is 1490. The van der Waals surface area contributed by atoms with E-state index in [2.05, 4.69) is 90.2 Å². The van der Waals surface area contributed by atoms with Crippen LogP contribution < -0.4 is 5.01 Å². The molecule has 0 N–H and O–H groups in total. The molecule has 0 spiro atoms. The van der Waals surface area contributed by atoms with E-state index in [1.165, 1.54) is 11.1 Å². The van der Waals surface area contributed by atoms with Gasteiger partial charge in [-0.2, -0.15) is 5.10 Å². The molecule has 6 rings (SSSR count). The van der Waals surface area contributed by atoms with Crippen molar-refractivity contribution in [2.24, 2.45) is 5.10 Å². The first-order valence-corrected chi connectivity index (χ1v) is 12.5. The van der Waals surface area contributed by atoms with E-state index in [0.29, 0.717) is 0 Å². The molecule has 0 aliphatic carbocycles. The third-order valence-corrected chi connectivity index (χ3v) is 7.13. The van der Waals surface area contributed by atoms with E-state index in [9.17, 15) is 0 Å². The molecular formula is C28H24N6S. The molecule has 0 saturated heterocycles. The van der Waals surface area contributed by atoms with Crippen molar-refractivity contribution < 1.29 is 0 Å². The highest BCUT2D eigenvalue weighted by Gasteiger charge is 2.33. The number of rotatable bonds is 5. The van der Waals surface area contributed by atoms with Gasteiger partial charge < -0.3 is 0 Å². The summed E-state index contributed by atoms with van der Waals surface area (Å²) in [7, 11) is 0. The number of benzene rings is 3. The topological polar surface area (TPSA) is 59.2 Å². The Hall–Kier alpha value is -4.10. The van der Waals surface area contributed by atoms with Crippen LogP contribution in [0.2, 0.25) is 0 Å². The molecule has 1 aliphatic rings. The molecule has 35 heavy (non-hydrogen) atoms. The minimum atomic E-state index is 0.0462. The molecule has 0 saturated carbocycles. The summed E-state index contributed by atoms with van der Waals surface area (Å²) in [4.78, 5) is 4.95. The van der Waals surface area contributed by atoms with Crippen molar-refractivity contribution in [2.45, 2.75) is 26.3 Å². The fraction of sp³-hybridized carbons (Fsp3) is 0.143. The Balaban J connectivity index is 1.38. The molecular weight excluding hydrogens is 452 g/mol. The van der Waals surface area contributed by atoms with Crippen LogP contribution in [0.1, 0.15) is 35.0 Å². The molecule has 7 heteroatoms. The predicted octanol–water partition coefficient (Wildman–Crippen LogP) is 6.36. The molecule has 0 amide bonds. The first kappa shape index (κ1) is 21.4. The number of hydrogen-bond acceptors (Lipinski definition) is 6. The van der Waals surface area contributed by atoms with E-state index < -0.39 is 0 Å². The average Bonchev–Trinajstić information content (AvgIpc) is 3.64. The van der Waals surface area contributed by atoms with Gasteiger partial charge in [0.25, 0.3) is 0 Å². The highest BCUT2D eigenvalue weighted by molar-refractivity contribution is 7.14. The summed E-state index contributed by atoms with van der Waals surface area (Å²) in [5, 5.41) is 19.1. The predicted molar refractivity (Wildman–Crippen MR) is 141 cm³/mol. The number of nitrogens with zero attached hydrogens (tertiary/aromatic N) is 6. The molecule has 1 aliphatic heterocycles. The van der Waals surface area contributed by atoms with Crippen molar-refractivity contribution in [3.8, 4) is 16.9 Å². The molecule has 3 aromatic carbocycles. The molecule has 2 aromatic heterocycles. The summed E-state index contributed by atoms with van der Waals surface area (Å²) in [5.74, 6) is 0. The molecule has 172 valence electrons. The van der Waals surface area contributed by atoms with Gasteiger partial charge in [0.1, 0.15) is 5.69 Å². The van der Waals surface area contributed by atoms with Crippen LogP contribution in [0, 0.1) is 13.8 Å². The van der Waals surface area contributed by atoms with Crippen LogP contribution in [-0.2, 0) is 0 Å². The smallest absolute Gasteiger partial charge is 0.207 e. The average molecular weight is 477 g/mol. The summed E-state index contributed by atoms with van der Waals surface area (Å²) in [6.07, 6.45) is 0.734. The van der Waals surface area contributed by atoms with Crippen LogP contribution in [0.15, 0.2) is 95.4 Å². The van der Waals surface area contributed by atoms with E-state index in [4.69, 9.17) is 10.1 Å². The fourth-order valence-electron chi connectivity index (χ4n) is 4.40. The van der Waals surface area contributed by atoms with Crippen LogP contribution in [-0.4, -0.2) is 25.7 Å². The van der Waals surface area contributed by atoms with Crippen molar-refractivity contribution in [3.05, 3.63) is 113 Å². The van der Waals surface area contributed by atoms with Crippen molar-refractivity contribution >= 4 is 22.2 Å². The summed E-state index contributed by atoms with van der Waals surface area (Å²) < 4.78 is 1.88. The maximum Gasteiger partial charge on any atom is 0.207 e. The van der Waals surface area contributed by atoms with Crippen LogP contribution in [0.5, 0.6) is 0 Å². The summed E-state index contributed by atoms with van der Waals surface area (Å²) in [6, 6.07) is 29.1. The quantitative estimate of drug-likeness (QED) is 0.296. The van der Waals surface area contributed by atoms with Gasteiger partial charge in [-0.05, 0) is 31.5 Å². The van der Waals surface area contributed by atoms with Crippen molar-refractivity contribution in [1.82, 2.24) is 20.0 Å². The summed E-state index contributed by atoms with van der Waals surface area (Å²) in [6.45, 7) is 4.13. The third-order valence-electron chi connectivity index (χ3n) is 6.30. The normalized spacial score (nSPS) is 15.4. The minimum absolute atomic E-state index is 0.0462. The molecule has 5 aromatic rings. The number of hydrogen-bond donors (Lipinski definition) is 0. The van der Waals surface area contributed by atoms with Gasteiger partial charge in [0, 0.05) is 17.4 Å². The monoisotopic (exact) mass is 476 g/mol. The third kappa shape index (κ3) is 4.04. The lowest BCUT2D eigenvalue weighted by Gasteiger charge is -2.21. The lowest BCUT2D eigenvalue weighted by atomic mass is 10.0. The van der Waals surface area contributed by atoms with Crippen LogP contribution in [0.25, 0.3) is 16.9 Å². The van der Waals surface area contributed by atoms with E-state index in [1.807, 2.05) is 34.0 Å². The van der Waals surface area contributed by atoms with Gasteiger partial charge in [-0.3, -0.25) is 0 Å². The molecule has 1 atom stereocenters. The molecule has 6 nitrogen and oxygen atoms in total. The SMILES string of the molecule is Cc1ccc(-n2nnc(C3=NN(c4nc(-c5ccccc5)cs4)[C@@H](c4ccccc4)C3)c2C)cc1. The number of thiazole rings is 1. The van der Waals surface area contributed by atoms with E-state index in [-0.39, 0.29) is 6.04 Å². The highest BCUT2D eigenvalue weighted by atomic mass is 32.1. The van der Waals surface area contributed by atoms with Crippen molar-refractivity contribution in [3.63, 3.8) is 0 Å². The standard InChI is InChI=1S/C28H24N6S/c1-19-13-15-23(16-14-19)33-20(2)27(30-32-33)24-17-26(22-11-7-4-8-12-22)34(31-24)28-29-25(18-35-28)21-9-5-3-6-10-21/h3-16,18,26H,17H2,1-2H3/t26-/m1/s1. The Morgan fingerprint density at radius 1 is 0.857 bits per heavy atom. The van der Waals surface area contributed by atoms with Gasteiger partial charge in [0.15, 0.2) is 0 Å². The number of hydrazone groups is 1. The Morgan fingerprint density at radius 2 is 1.57 bits per heavy atom. The van der Waals surface area contributed by atoms with Gasteiger partial charge >= 0.3 is 0 Å². The molecule has 0 bridgehead atoms. The van der Waals surface area contributed by atoms with Crippen LogP contribution in [0.4, 0.5) is 5.13 Å². The second-order valence-electron chi connectivity index (χ2n) is 8.67. The van der Waals surface area contributed by atoms with E-state index in [0.717, 1.165) is 45.6 Å². The molecule has 0 unspecified atom stereocenters. The zero-order valence-electron chi connectivity index (χ0n) is 19.5. The first-order chi connectivity index (χ1) is 17.2. The minimum Gasteiger partial charge on any atom is -0.231 e. The van der Waals surface area contributed by atoms with Gasteiger partial charge in [0.2, 0.25) is 5.13 Å². The number of aryl methyl sites for hydroxylation is 1. The lowest BCUT2D eigenvalue weighted by molar-refractivity contribution is 0.706. The van der Waals surface area contributed by atoms with Gasteiger partial charge in [-0.25, -0.2) is 14.7 Å². The Kier molecular flexibility index (Phi) is 5.47. The second-order valence-corrected chi connectivity index (χ2v) is 9.51.